The number of likely N-dealkylation sites (N-methyl/N-ethyl adjacent to an activating group) is 1. The van der Waals surface area contributed by atoms with Crippen LogP contribution >= 0.6 is 11.3 Å². The van der Waals surface area contributed by atoms with E-state index in [1.54, 1.807) is 11.3 Å². The van der Waals surface area contributed by atoms with Gasteiger partial charge in [-0.25, -0.2) is 0 Å². The number of fused-ring (bicyclic) bond motifs is 1. The van der Waals surface area contributed by atoms with Crippen molar-refractivity contribution >= 4 is 27.2 Å². The number of rotatable bonds is 4. The number of hydrogen-bond acceptors (Lipinski definition) is 3. The van der Waals surface area contributed by atoms with Gasteiger partial charge in [-0.2, -0.15) is 0 Å². The molecule has 0 spiro atoms. The van der Waals surface area contributed by atoms with Gasteiger partial charge in [-0.05, 0) is 49.3 Å². The Morgan fingerprint density at radius 3 is 2.62 bits per heavy atom. The SMILES string of the molecule is CN(C)C1(C(=O)Cc2csc3ccccc23)CCCCC1. The van der Waals surface area contributed by atoms with E-state index >= 15 is 0 Å². The van der Waals surface area contributed by atoms with Crippen LogP contribution < -0.4 is 0 Å². The monoisotopic (exact) mass is 301 g/mol. The fraction of sp³-hybridized carbons (Fsp3) is 0.500. The molecule has 1 fully saturated rings. The molecule has 0 N–H and O–H groups in total. The Morgan fingerprint density at radius 2 is 1.90 bits per heavy atom. The molecule has 0 unspecified atom stereocenters. The summed E-state index contributed by atoms with van der Waals surface area (Å²) in [5.74, 6) is 0.399. The number of carbonyl (C=O) groups excluding carboxylic acids is 1. The lowest BCUT2D eigenvalue weighted by Gasteiger charge is -2.41. The van der Waals surface area contributed by atoms with Gasteiger partial charge in [0.2, 0.25) is 0 Å². The van der Waals surface area contributed by atoms with Gasteiger partial charge in [0.1, 0.15) is 0 Å². The van der Waals surface area contributed by atoms with Crippen LogP contribution in [-0.4, -0.2) is 30.3 Å². The highest BCUT2D eigenvalue weighted by Gasteiger charge is 2.40. The van der Waals surface area contributed by atoms with Crippen LogP contribution in [-0.2, 0) is 11.2 Å². The first-order chi connectivity index (χ1) is 10.1. The van der Waals surface area contributed by atoms with Crippen LogP contribution in [0.25, 0.3) is 10.1 Å². The average molecular weight is 301 g/mol. The summed E-state index contributed by atoms with van der Waals surface area (Å²) in [6.45, 7) is 0. The zero-order valence-corrected chi connectivity index (χ0v) is 13.7. The predicted molar refractivity (Wildman–Crippen MR) is 90.0 cm³/mol. The second-order valence-corrected chi connectivity index (χ2v) is 7.25. The fourth-order valence-electron chi connectivity index (χ4n) is 3.62. The van der Waals surface area contributed by atoms with Crippen LogP contribution in [0.2, 0.25) is 0 Å². The van der Waals surface area contributed by atoms with Crippen LogP contribution in [0.5, 0.6) is 0 Å². The molecule has 3 heteroatoms. The Hall–Kier alpha value is -1.19. The molecule has 0 aliphatic heterocycles. The summed E-state index contributed by atoms with van der Waals surface area (Å²) >= 11 is 1.74. The number of hydrogen-bond donors (Lipinski definition) is 0. The summed E-state index contributed by atoms with van der Waals surface area (Å²) in [4.78, 5) is 15.2. The number of ketones is 1. The Labute approximate surface area is 130 Å². The van der Waals surface area contributed by atoms with E-state index in [2.05, 4.69) is 48.6 Å². The highest BCUT2D eigenvalue weighted by Crippen LogP contribution is 2.35. The van der Waals surface area contributed by atoms with Crippen molar-refractivity contribution in [3.63, 3.8) is 0 Å². The predicted octanol–water partition coefficient (Wildman–Crippen LogP) is 4.28. The first kappa shape index (κ1) is 14.7. The van der Waals surface area contributed by atoms with Gasteiger partial charge in [-0.1, -0.05) is 37.5 Å². The van der Waals surface area contributed by atoms with Crippen molar-refractivity contribution in [1.29, 1.82) is 0 Å². The molecule has 112 valence electrons. The van der Waals surface area contributed by atoms with Gasteiger partial charge in [0, 0.05) is 11.1 Å². The molecule has 1 heterocycles. The highest BCUT2D eigenvalue weighted by atomic mass is 32.1. The molecule has 1 aromatic heterocycles. The van der Waals surface area contributed by atoms with Gasteiger partial charge in [0.25, 0.3) is 0 Å². The van der Waals surface area contributed by atoms with Crippen LogP contribution in [0.4, 0.5) is 0 Å². The molecule has 1 aromatic carbocycles. The molecular formula is C18H23NOS. The third kappa shape index (κ3) is 2.65. The summed E-state index contributed by atoms with van der Waals surface area (Å²) in [6, 6.07) is 8.40. The van der Waals surface area contributed by atoms with Crippen molar-refractivity contribution < 1.29 is 4.79 Å². The zero-order valence-electron chi connectivity index (χ0n) is 12.9. The molecular weight excluding hydrogens is 278 g/mol. The maximum absolute atomic E-state index is 13.0. The molecule has 1 aliphatic carbocycles. The molecule has 0 radical (unpaired) electrons. The third-order valence-electron chi connectivity index (χ3n) is 4.97. The second kappa shape index (κ2) is 5.90. The number of carbonyl (C=O) groups is 1. The highest BCUT2D eigenvalue weighted by molar-refractivity contribution is 7.17. The molecule has 1 aliphatic rings. The summed E-state index contributed by atoms with van der Waals surface area (Å²) in [5.41, 5.74) is 0.966. The largest absolute Gasteiger partial charge is 0.297 e. The minimum absolute atomic E-state index is 0.235. The number of nitrogens with zero attached hydrogens (tertiary/aromatic N) is 1. The van der Waals surface area contributed by atoms with Crippen LogP contribution in [0, 0.1) is 0 Å². The van der Waals surface area contributed by atoms with Crippen LogP contribution in [0.3, 0.4) is 0 Å². The molecule has 3 rings (SSSR count). The Morgan fingerprint density at radius 1 is 1.19 bits per heavy atom. The topological polar surface area (TPSA) is 20.3 Å². The lowest BCUT2D eigenvalue weighted by Crippen LogP contribution is -2.53. The van der Waals surface area contributed by atoms with E-state index in [0.717, 1.165) is 12.8 Å². The Balaban J connectivity index is 1.87. The van der Waals surface area contributed by atoms with Gasteiger partial charge in [-0.3, -0.25) is 9.69 Å². The first-order valence-electron chi connectivity index (χ1n) is 7.79. The van der Waals surface area contributed by atoms with Crippen molar-refractivity contribution in [2.45, 2.75) is 44.1 Å². The van der Waals surface area contributed by atoms with E-state index < -0.39 is 0 Å². The van der Waals surface area contributed by atoms with Crippen LogP contribution in [0.1, 0.15) is 37.7 Å². The van der Waals surface area contributed by atoms with E-state index in [9.17, 15) is 4.79 Å². The molecule has 21 heavy (non-hydrogen) atoms. The summed E-state index contributed by atoms with van der Waals surface area (Å²) in [7, 11) is 4.13. The molecule has 0 amide bonds. The maximum Gasteiger partial charge on any atom is 0.157 e. The summed E-state index contributed by atoms with van der Waals surface area (Å²) in [5, 5.41) is 3.41. The minimum atomic E-state index is -0.235. The molecule has 0 saturated heterocycles. The van der Waals surface area contributed by atoms with E-state index in [1.807, 2.05) is 0 Å². The molecule has 2 nitrogen and oxygen atoms in total. The van der Waals surface area contributed by atoms with Crippen molar-refractivity contribution in [2.24, 2.45) is 0 Å². The van der Waals surface area contributed by atoms with E-state index in [1.165, 1.54) is 34.9 Å². The Kier molecular flexibility index (Phi) is 4.14. The lowest BCUT2D eigenvalue weighted by molar-refractivity contribution is -0.131. The second-order valence-electron chi connectivity index (χ2n) is 6.34. The zero-order chi connectivity index (χ0) is 14.9. The van der Waals surface area contributed by atoms with Crippen molar-refractivity contribution in [3.05, 3.63) is 35.2 Å². The maximum atomic E-state index is 13.0. The van der Waals surface area contributed by atoms with E-state index in [0.29, 0.717) is 12.2 Å². The molecule has 0 atom stereocenters. The number of Topliss-reactive ketones (excluding diaryl/α,β-unsaturated/α-hetero) is 1. The average Bonchev–Trinajstić information content (AvgIpc) is 2.91. The molecule has 1 saturated carbocycles. The standard InChI is InChI=1S/C18H23NOS/c1-19(2)18(10-6-3-7-11-18)17(20)12-14-13-21-16-9-5-4-8-15(14)16/h4-5,8-9,13H,3,6-7,10-12H2,1-2H3. The smallest absolute Gasteiger partial charge is 0.157 e. The quantitative estimate of drug-likeness (QED) is 0.840. The van der Waals surface area contributed by atoms with E-state index in [-0.39, 0.29) is 5.54 Å². The van der Waals surface area contributed by atoms with Gasteiger partial charge < -0.3 is 0 Å². The van der Waals surface area contributed by atoms with Crippen molar-refractivity contribution in [1.82, 2.24) is 4.90 Å². The molecule has 0 bridgehead atoms. The normalized spacial score (nSPS) is 18.2. The van der Waals surface area contributed by atoms with Gasteiger partial charge >= 0.3 is 0 Å². The third-order valence-corrected chi connectivity index (χ3v) is 5.98. The van der Waals surface area contributed by atoms with Crippen molar-refractivity contribution in [3.8, 4) is 0 Å². The van der Waals surface area contributed by atoms with Gasteiger partial charge in [-0.15, -0.1) is 11.3 Å². The molecule has 2 aromatic rings. The van der Waals surface area contributed by atoms with E-state index in [4.69, 9.17) is 0 Å². The van der Waals surface area contributed by atoms with Gasteiger partial charge in [0.05, 0.1) is 5.54 Å². The number of thiophene rings is 1. The summed E-state index contributed by atoms with van der Waals surface area (Å²) in [6.07, 6.45) is 6.22. The summed E-state index contributed by atoms with van der Waals surface area (Å²) < 4.78 is 1.28. The van der Waals surface area contributed by atoms with Gasteiger partial charge in [0.15, 0.2) is 5.78 Å². The minimum Gasteiger partial charge on any atom is -0.297 e. The Bertz CT molecular complexity index is 637. The number of benzene rings is 1. The fourth-order valence-corrected chi connectivity index (χ4v) is 4.58. The van der Waals surface area contributed by atoms with Crippen molar-refractivity contribution in [2.75, 3.05) is 14.1 Å². The van der Waals surface area contributed by atoms with Crippen LogP contribution in [0.15, 0.2) is 29.6 Å². The lowest BCUT2D eigenvalue weighted by atomic mass is 9.76. The first-order valence-corrected chi connectivity index (χ1v) is 8.67.